The first kappa shape index (κ1) is 26.8. The first-order chi connectivity index (χ1) is 10.6. The van der Waals surface area contributed by atoms with Crippen LogP contribution in [-0.4, -0.2) is 37.0 Å². The Kier molecular flexibility index (Phi) is 17.1. The van der Waals surface area contributed by atoms with E-state index in [0.29, 0.717) is 45.2 Å². The molecule has 0 aromatic heterocycles. The van der Waals surface area contributed by atoms with Crippen LogP contribution < -0.4 is 0 Å². The third-order valence-corrected chi connectivity index (χ3v) is 15.8. The van der Waals surface area contributed by atoms with E-state index in [1.165, 1.54) is 46.6 Å². The topological polar surface area (TPSA) is 0 Å². The molecule has 0 N–H and O–H groups in total. The molecule has 0 unspecified atom stereocenters. The molecule has 0 aliphatic carbocycles. The average molecular weight is 544 g/mol. The second-order valence-electron chi connectivity index (χ2n) is 7.39. The van der Waals surface area contributed by atoms with E-state index in [0.717, 1.165) is 0 Å². The SMILES string of the molecule is CC1(C)[CH2][Pt][CH2]C1(C)C.CCP(CC)CC.CCP(CC)CC. The van der Waals surface area contributed by atoms with Crippen LogP contribution in [0.5, 0.6) is 0 Å². The molecule has 0 saturated carbocycles. The second kappa shape index (κ2) is 14.7. The summed E-state index contributed by atoms with van der Waals surface area (Å²) in [6.07, 6.45) is 8.51. The van der Waals surface area contributed by atoms with Crippen LogP contribution in [0.1, 0.15) is 69.2 Å². The molecule has 1 rings (SSSR count). The Morgan fingerprint density at radius 2 is 0.783 bits per heavy atom. The molecular weight excluding hydrogens is 497 g/mol. The van der Waals surface area contributed by atoms with Crippen LogP contribution >= 0.6 is 15.8 Å². The fourth-order valence-electron chi connectivity index (χ4n) is 2.08. The maximum absolute atomic E-state index is 2.42. The van der Waals surface area contributed by atoms with Gasteiger partial charge in [-0.2, -0.15) is 0 Å². The maximum Gasteiger partial charge on any atom is -0.0355 e. The van der Waals surface area contributed by atoms with Crippen molar-refractivity contribution in [3.05, 3.63) is 0 Å². The Morgan fingerprint density at radius 3 is 0.826 bits per heavy atom. The van der Waals surface area contributed by atoms with Crippen molar-refractivity contribution in [2.75, 3.05) is 37.0 Å². The Balaban J connectivity index is 0. The van der Waals surface area contributed by atoms with Crippen LogP contribution in [0.25, 0.3) is 0 Å². The normalized spacial score (nSPS) is 18.6. The number of hydrogen-bond acceptors (Lipinski definition) is 0. The molecule has 0 bridgehead atoms. The zero-order valence-electron chi connectivity index (χ0n) is 17.9. The molecule has 1 saturated heterocycles. The van der Waals surface area contributed by atoms with Crippen molar-refractivity contribution in [2.45, 2.75) is 78.9 Å². The van der Waals surface area contributed by atoms with Gasteiger partial charge in [-0.05, 0) is 37.0 Å². The molecule has 0 aromatic carbocycles. The minimum Gasteiger partial charge on any atom is -0.108 e. The second-order valence-corrected chi connectivity index (χ2v) is 16.6. The van der Waals surface area contributed by atoms with Crippen molar-refractivity contribution in [1.82, 2.24) is 0 Å². The number of rotatable bonds is 6. The predicted molar refractivity (Wildman–Crippen MR) is 114 cm³/mol. The van der Waals surface area contributed by atoms with Crippen LogP contribution in [0.3, 0.4) is 0 Å². The third kappa shape index (κ3) is 11.7. The molecule has 1 heterocycles. The van der Waals surface area contributed by atoms with Gasteiger partial charge in [0.05, 0.1) is 0 Å². The Labute approximate surface area is 160 Å². The summed E-state index contributed by atoms with van der Waals surface area (Å²) in [6.45, 7) is 23.4. The standard InChI is InChI=1S/C8H16.2C6H15P.Pt/c1-7(2,3)8(4,5)6;2*1-4-7(5-2)6-3;/h1,4H2,2-3,5-6H3;2*4-6H2,1-3H3;. The van der Waals surface area contributed by atoms with Crippen LogP contribution in [0.15, 0.2) is 0 Å². The van der Waals surface area contributed by atoms with Gasteiger partial charge in [0.1, 0.15) is 0 Å². The number of hydrogen-bond donors (Lipinski definition) is 0. The van der Waals surface area contributed by atoms with E-state index in [1.807, 2.05) is 0 Å². The molecule has 1 aliphatic heterocycles. The zero-order valence-corrected chi connectivity index (χ0v) is 21.9. The van der Waals surface area contributed by atoms with Gasteiger partial charge < -0.3 is 0 Å². The molecule has 146 valence electrons. The summed E-state index contributed by atoms with van der Waals surface area (Å²) >= 11 is 0.554. The van der Waals surface area contributed by atoms with E-state index in [1.54, 1.807) is 0 Å². The van der Waals surface area contributed by atoms with Gasteiger partial charge in [-0.25, -0.2) is 0 Å². The molecule has 23 heavy (non-hydrogen) atoms. The molecule has 0 atom stereocenters. The smallest absolute Gasteiger partial charge is 0.0355 e. The predicted octanol–water partition coefficient (Wildman–Crippen LogP) is 8.03. The van der Waals surface area contributed by atoms with Gasteiger partial charge in [0.25, 0.3) is 0 Å². The van der Waals surface area contributed by atoms with Gasteiger partial charge >= 0.3 is 66.7 Å². The quantitative estimate of drug-likeness (QED) is 0.298. The Hall–Kier alpha value is 1.55. The van der Waals surface area contributed by atoms with E-state index in [9.17, 15) is 0 Å². The Bertz CT molecular complexity index is 219. The van der Waals surface area contributed by atoms with Crippen molar-refractivity contribution in [1.29, 1.82) is 0 Å². The van der Waals surface area contributed by atoms with Crippen LogP contribution in [0.2, 0.25) is 9.62 Å². The summed E-state index contributed by atoms with van der Waals surface area (Å²) in [4.78, 5) is 3.06. The van der Waals surface area contributed by atoms with E-state index >= 15 is 0 Å². The summed E-state index contributed by atoms with van der Waals surface area (Å²) in [6, 6.07) is 0. The van der Waals surface area contributed by atoms with Crippen molar-refractivity contribution in [3.8, 4) is 0 Å². The van der Waals surface area contributed by atoms with Crippen molar-refractivity contribution in [2.24, 2.45) is 10.8 Å². The van der Waals surface area contributed by atoms with Crippen molar-refractivity contribution >= 4 is 15.8 Å². The fourth-order valence-corrected chi connectivity index (χ4v) is 10.1. The fraction of sp³-hybridized carbons (Fsp3) is 1.00. The summed E-state index contributed by atoms with van der Waals surface area (Å²) in [7, 11) is 0.892. The molecule has 3 heteroatoms. The minimum absolute atomic E-state index is 0.446. The minimum atomic E-state index is 0.446. The molecule has 0 aromatic rings. The molecule has 0 radical (unpaired) electrons. The van der Waals surface area contributed by atoms with E-state index < -0.39 is 0 Å². The summed E-state index contributed by atoms with van der Waals surface area (Å²) in [5, 5.41) is 0. The van der Waals surface area contributed by atoms with Gasteiger partial charge in [0.2, 0.25) is 0 Å². The molecule has 0 amide bonds. The van der Waals surface area contributed by atoms with Gasteiger partial charge in [-0.1, -0.05) is 41.5 Å². The van der Waals surface area contributed by atoms with Crippen molar-refractivity contribution < 1.29 is 18.6 Å². The largest absolute Gasteiger partial charge is 0.108 e. The van der Waals surface area contributed by atoms with Gasteiger partial charge in [0, 0.05) is 0 Å². The van der Waals surface area contributed by atoms with E-state index in [4.69, 9.17) is 0 Å². The maximum atomic E-state index is 2.42. The van der Waals surface area contributed by atoms with E-state index in [-0.39, 0.29) is 0 Å². The molecule has 0 nitrogen and oxygen atoms in total. The summed E-state index contributed by atoms with van der Waals surface area (Å²) in [5.41, 5.74) is 1.28. The van der Waals surface area contributed by atoms with Crippen LogP contribution in [0.4, 0.5) is 0 Å². The van der Waals surface area contributed by atoms with E-state index in [2.05, 4.69) is 69.2 Å². The van der Waals surface area contributed by atoms with Gasteiger partial charge in [-0.3, -0.25) is 0 Å². The van der Waals surface area contributed by atoms with Crippen molar-refractivity contribution in [3.63, 3.8) is 0 Å². The molecular formula is C20H46P2Pt. The van der Waals surface area contributed by atoms with Gasteiger partial charge in [-0.15, -0.1) is 15.8 Å². The molecule has 0 spiro atoms. The summed E-state index contributed by atoms with van der Waals surface area (Å²) in [5.74, 6) is 0. The van der Waals surface area contributed by atoms with Gasteiger partial charge in [0.15, 0.2) is 0 Å². The van der Waals surface area contributed by atoms with Crippen LogP contribution in [0, 0.1) is 10.8 Å². The zero-order chi connectivity index (χ0) is 18.5. The first-order valence-electron chi connectivity index (χ1n) is 9.54. The monoisotopic (exact) mass is 543 g/mol. The Morgan fingerprint density at radius 1 is 0.565 bits per heavy atom. The van der Waals surface area contributed by atoms with Crippen LogP contribution in [-0.2, 0) is 18.6 Å². The first-order valence-corrected chi connectivity index (χ1v) is 16.6. The average Bonchev–Trinajstić information content (AvgIpc) is 2.76. The summed E-state index contributed by atoms with van der Waals surface area (Å²) < 4.78 is 0. The third-order valence-electron chi connectivity index (χ3n) is 5.23. The molecule has 1 fully saturated rings. The molecule has 1 aliphatic rings.